The van der Waals surface area contributed by atoms with Crippen LogP contribution in [0.5, 0.6) is 0 Å². The number of nitrogens with one attached hydrogen (secondary N) is 1. The van der Waals surface area contributed by atoms with E-state index in [0.29, 0.717) is 0 Å². The zero-order chi connectivity index (χ0) is 14.0. The summed E-state index contributed by atoms with van der Waals surface area (Å²) in [6.45, 7) is 5.81. The van der Waals surface area contributed by atoms with Crippen molar-refractivity contribution in [3.63, 3.8) is 0 Å². The molecule has 1 saturated carbocycles. The molecule has 0 bridgehead atoms. The molecule has 1 heterocycles. The molecule has 1 atom stereocenters. The van der Waals surface area contributed by atoms with Gasteiger partial charge in [0.05, 0.1) is 12.6 Å². The Morgan fingerprint density at radius 2 is 2.26 bits per heavy atom. The first-order chi connectivity index (χ1) is 8.87. The van der Waals surface area contributed by atoms with E-state index < -0.39 is 11.7 Å². The molecule has 19 heavy (non-hydrogen) atoms. The summed E-state index contributed by atoms with van der Waals surface area (Å²) in [5, 5.41) is 10.1. The van der Waals surface area contributed by atoms with Crippen molar-refractivity contribution < 1.29 is 14.6 Å². The van der Waals surface area contributed by atoms with Gasteiger partial charge in [-0.2, -0.15) is 0 Å². The van der Waals surface area contributed by atoms with Gasteiger partial charge >= 0.3 is 6.09 Å². The summed E-state index contributed by atoms with van der Waals surface area (Å²) < 4.78 is 5.39. The van der Waals surface area contributed by atoms with Crippen LogP contribution in [0.15, 0.2) is 18.5 Å². The molecule has 0 aliphatic heterocycles. The Bertz CT molecular complexity index is 418. The van der Waals surface area contributed by atoms with Gasteiger partial charge in [0.25, 0.3) is 0 Å². The summed E-state index contributed by atoms with van der Waals surface area (Å²) in [5.41, 5.74) is 0.276. The van der Waals surface area contributed by atoms with Crippen LogP contribution in [0, 0.1) is 0 Å². The van der Waals surface area contributed by atoms with Crippen molar-refractivity contribution in [2.75, 3.05) is 6.54 Å². The van der Waals surface area contributed by atoms with Gasteiger partial charge < -0.3 is 19.7 Å². The molecule has 1 unspecified atom stereocenters. The number of nitrogens with zero attached hydrogens (tertiary/aromatic N) is 1. The molecule has 0 saturated heterocycles. The predicted octanol–water partition coefficient (Wildman–Crippen LogP) is 2.45. The Labute approximate surface area is 113 Å². The second-order valence-corrected chi connectivity index (χ2v) is 6.02. The Kier molecular flexibility index (Phi) is 3.85. The third kappa shape index (κ3) is 3.99. The Hall–Kier alpha value is -1.49. The van der Waals surface area contributed by atoms with Crippen molar-refractivity contribution in [2.45, 2.75) is 51.4 Å². The lowest BCUT2D eigenvalue weighted by Crippen LogP contribution is -2.40. The molecule has 106 valence electrons. The molecule has 5 heteroatoms. The molecule has 2 N–H and O–H groups in total. The normalized spacial score (nSPS) is 17.1. The molecule has 0 radical (unpaired) electrons. The number of ether oxygens (including phenoxy) is 1. The minimum absolute atomic E-state index is 0.212. The molecule has 0 aromatic carbocycles. The number of hydrogen-bond donors (Lipinski definition) is 2. The van der Waals surface area contributed by atoms with Gasteiger partial charge in [-0.15, -0.1) is 0 Å². The standard InChI is InChI=1S/C14H22N2O3/c1-14(2,3)19-13(18)16(11-4-5-11)9-12(17)10-6-7-15-8-10/h6-8,11-12,15,17H,4-5,9H2,1-3H3. The summed E-state index contributed by atoms with van der Waals surface area (Å²) in [7, 11) is 0. The maximum Gasteiger partial charge on any atom is 0.410 e. The molecule has 2 rings (SSSR count). The molecule has 1 aromatic heterocycles. The van der Waals surface area contributed by atoms with Gasteiger partial charge in [-0.1, -0.05) is 0 Å². The van der Waals surface area contributed by atoms with Crippen LogP contribution >= 0.6 is 0 Å². The zero-order valence-electron chi connectivity index (χ0n) is 11.7. The predicted molar refractivity (Wildman–Crippen MR) is 71.7 cm³/mol. The monoisotopic (exact) mass is 266 g/mol. The number of rotatable bonds is 4. The Balaban J connectivity index is 1.98. The highest BCUT2D eigenvalue weighted by Gasteiger charge is 2.36. The number of carbonyl (C=O) groups excluding carboxylic acids is 1. The van der Waals surface area contributed by atoms with Crippen LogP contribution in [0.1, 0.15) is 45.3 Å². The van der Waals surface area contributed by atoms with Gasteiger partial charge in [0.1, 0.15) is 5.60 Å². The highest BCUT2D eigenvalue weighted by molar-refractivity contribution is 5.69. The second-order valence-electron chi connectivity index (χ2n) is 6.02. The van der Waals surface area contributed by atoms with E-state index in [4.69, 9.17) is 4.74 Å². The number of aromatic amines is 1. The van der Waals surface area contributed by atoms with Crippen molar-refractivity contribution in [2.24, 2.45) is 0 Å². The largest absolute Gasteiger partial charge is 0.444 e. The number of aromatic nitrogens is 1. The number of hydrogen-bond acceptors (Lipinski definition) is 3. The van der Waals surface area contributed by atoms with E-state index in [0.717, 1.165) is 18.4 Å². The van der Waals surface area contributed by atoms with Crippen molar-refractivity contribution in [1.82, 2.24) is 9.88 Å². The van der Waals surface area contributed by atoms with E-state index in [2.05, 4.69) is 4.98 Å². The fourth-order valence-electron chi connectivity index (χ4n) is 1.92. The van der Waals surface area contributed by atoms with Crippen LogP contribution in [-0.4, -0.2) is 39.3 Å². The van der Waals surface area contributed by atoms with E-state index in [9.17, 15) is 9.90 Å². The van der Waals surface area contributed by atoms with Crippen LogP contribution in [0.2, 0.25) is 0 Å². The second kappa shape index (κ2) is 5.25. The average molecular weight is 266 g/mol. The van der Waals surface area contributed by atoms with Crippen LogP contribution in [0.25, 0.3) is 0 Å². The first-order valence-electron chi connectivity index (χ1n) is 6.67. The summed E-state index contributed by atoms with van der Waals surface area (Å²) >= 11 is 0. The van der Waals surface area contributed by atoms with Crippen molar-refractivity contribution >= 4 is 6.09 Å². The van der Waals surface area contributed by atoms with E-state index in [1.807, 2.05) is 26.8 Å². The average Bonchev–Trinajstić information content (AvgIpc) is 2.96. The summed E-state index contributed by atoms with van der Waals surface area (Å²) in [5.74, 6) is 0. The lowest BCUT2D eigenvalue weighted by atomic mass is 10.2. The Morgan fingerprint density at radius 1 is 1.58 bits per heavy atom. The fourth-order valence-corrected chi connectivity index (χ4v) is 1.92. The number of aliphatic hydroxyl groups is 1. The molecular weight excluding hydrogens is 244 g/mol. The van der Waals surface area contributed by atoms with E-state index in [1.165, 1.54) is 0 Å². The van der Waals surface area contributed by atoms with Gasteiger partial charge in [-0.05, 0) is 45.2 Å². The SMILES string of the molecule is CC(C)(C)OC(=O)N(CC(O)c1cc[nH]c1)C1CC1. The third-order valence-electron chi connectivity index (χ3n) is 2.99. The van der Waals surface area contributed by atoms with E-state index >= 15 is 0 Å². The molecule has 1 aromatic rings. The molecular formula is C14H22N2O3. The first kappa shape index (κ1) is 13.9. The number of carbonyl (C=O) groups is 1. The number of amides is 1. The van der Waals surface area contributed by atoms with Crippen LogP contribution in [0.3, 0.4) is 0 Å². The number of H-pyrrole nitrogens is 1. The quantitative estimate of drug-likeness (QED) is 0.879. The lowest BCUT2D eigenvalue weighted by Gasteiger charge is -2.28. The highest BCUT2D eigenvalue weighted by atomic mass is 16.6. The third-order valence-corrected chi connectivity index (χ3v) is 2.99. The van der Waals surface area contributed by atoms with Crippen molar-refractivity contribution in [3.8, 4) is 0 Å². The molecule has 0 spiro atoms. The van der Waals surface area contributed by atoms with Gasteiger partial charge in [-0.3, -0.25) is 0 Å². The number of aliphatic hydroxyl groups excluding tert-OH is 1. The molecule has 1 fully saturated rings. The van der Waals surface area contributed by atoms with Crippen LogP contribution in [0.4, 0.5) is 4.79 Å². The first-order valence-corrected chi connectivity index (χ1v) is 6.67. The van der Waals surface area contributed by atoms with E-state index in [-0.39, 0.29) is 18.7 Å². The van der Waals surface area contributed by atoms with Crippen molar-refractivity contribution in [1.29, 1.82) is 0 Å². The van der Waals surface area contributed by atoms with Gasteiger partial charge in [0.2, 0.25) is 0 Å². The minimum atomic E-state index is -0.681. The molecule has 1 aliphatic carbocycles. The molecule has 1 aliphatic rings. The maximum atomic E-state index is 12.1. The fraction of sp³-hybridized carbons (Fsp3) is 0.643. The van der Waals surface area contributed by atoms with Crippen molar-refractivity contribution in [3.05, 3.63) is 24.0 Å². The van der Waals surface area contributed by atoms with Gasteiger partial charge in [0.15, 0.2) is 0 Å². The molecule has 1 amide bonds. The topological polar surface area (TPSA) is 65.6 Å². The maximum absolute atomic E-state index is 12.1. The van der Waals surface area contributed by atoms with Crippen LogP contribution in [-0.2, 0) is 4.74 Å². The van der Waals surface area contributed by atoms with Gasteiger partial charge in [0, 0.05) is 18.4 Å². The van der Waals surface area contributed by atoms with E-state index in [1.54, 1.807) is 17.3 Å². The molecule has 5 nitrogen and oxygen atoms in total. The summed E-state index contributed by atoms with van der Waals surface area (Å²) in [6.07, 6.45) is 4.44. The minimum Gasteiger partial charge on any atom is -0.444 e. The lowest BCUT2D eigenvalue weighted by molar-refractivity contribution is 0.0124. The summed E-state index contributed by atoms with van der Waals surface area (Å²) in [6, 6.07) is 2.02. The summed E-state index contributed by atoms with van der Waals surface area (Å²) in [4.78, 5) is 16.7. The van der Waals surface area contributed by atoms with Gasteiger partial charge in [-0.25, -0.2) is 4.79 Å². The zero-order valence-corrected chi connectivity index (χ0v) is 11.7. The van der Waals surface area contributed by atoms with Crippen LogP contribution < -0.4 is 0 Å². The highest BCUT2D eigenvalue weighted by Crippen LogP contribution is 2.30. The Morgan fingerprint density at radius 3 is 2.74 bits per heavy atom. The smallest absolute Gasteiger partial charge is 0.410 e.